The highest BCUT2D eigenvalue weighted by Crippen LogP contribution is 2.25. The fraction of sp³-hybridized carbons (Fsp3) is 0.300. The summed E-state index contributed by atoms with van der Waals surface area (Å²) in [5, 5.41) is 0. The van der Waals surface area contributed by atoms with Gasteiger partial charge in [-0.25, -0.2) is 8.42 Å². The van der Waals surface area contributed by atoms with Gasteiger partial charge in [-0.2, -0.15) is 0 Å². The smallest absolute Gasteiger partial charge is 0.261 e. The molecule has 0 fully saturated rings. The van der Waals surface area contributed by atoms with Crippen LogP contribution < -0.4 is 4.72 Å². The number of para-hydroxylation sites is 1. The number of anilines is 1. The topological polar surface area (TPSA) is 83.6 Å². The summed E-state index contributed by atoms with van der Waals surface area (Å²) in [6.45, 7) is 3.74. The molecular formula is C20H22N2O4S. The Bertz CT molecular complexity index is 942. The van der Waals surface area contributed by atoms with Crippen LogP contribution in [0.1, 0.15) is 45.7 Å². The number of rotatable bonds is 7. The predicted molar refractivity (Wildman–Crippen MR) is 104 cm³/mol. The molecule has 7 heteroatoms. The van der Waals surface area contributed by atoms with Crippen molar-refractivity contribution in [3.63, 3.8) is 0 Å². The van der Waals surface area contributed by atoms with E-state index in [0.29, 0.717) is 29.7 Å². The molecule has 0 unspecified atom stereocenters. The lowest BCUT2D eigenvalue weighted by molar-refractivity contribution is 0.0664. The second-order valence-corrected chi connectivity index (χ2v) is 8.23. The van der Waals surface area contributed by atoms with Crippen molar-refractivity contribution < 1.29 is 18.0 Å². The molecule has 0 atom stereocenters. The third-order valence-electron chi connectivity index (χ3n) is 4.72. The largest absolute Gasteiger partial charge is 0.283 e. The van der Waals surface area contributed by atoms with Crippen LogP contribution in [-0.4, -0.2) is 37.4 Å². The lowest BCUT2D eigenvalue weighted by Crippen LogP contribution is -2.35. The molecule has 0 aliphatic carbocycles. The van der Waals surface area contributed by atoms with Crippen molar-refractivity contribution in [1.82, 2.24) is 4.90 Å². The average molecular weight is 386 g/mol. The number of hydrogen-bond donors (Lipinski definition) is 1. The van der Waals surface area contributed by atoms with Crippen molar-refractivity contribution in [1.29, 1.82) is 0 Å². The van der Waals surface area contributed by atoms with E-state index in [0.717, 1.165) is 16.0 Å². The predicted octanol–water partition coefficient (Wildman–Crippen LogP) is 2.85. The number of carbonyl (C=O) groups excluding carboxylic acids is 2. The molecule has 0 saturated heterocycles. The Morgan fingerprint density at radius 3 is 1.85 bits per heavy atom. The summed E-state index contributed by atoms with van der Waals surface area (Å²) in [7, 11) is -3.72. The quantitative estimate of drug-likeness (QED) is 0.742. The number of nitrogens with zero attached hydrogens (tertiary/aromatic N) is 1. The summed E-state index contributed by atoms with van der Waals surface area (Å²) < 4.78 is 27.9. The first-order valence-electron chi connectivity index (χ1n) is 8.94. The SMILES string of the molecule is CCc1cccc(CC)c1NS(=O)(=O)CCN1C(=O)c2ccccc2C1=O. The van der Waals surface area contributed by atoms with Gasteiger partial charge in [-0.1, -0.05) is 44.2 Å². The second-order valence-electron chi connectivity index (χ2n) is 6.39. The summed E-state index contributed by atoms with van der Waals surface area (Å²) in [5.74, 6) is -1.25. The van der Waals surface area contributed by atoms with Gasteiger partial charge in [-0.05, 0) is 36.1 Å². The molecule has 6 nitrogen and oxygen atoms in total. The van der Waals surface area contributed by atoms with Gasteiger partial charge in [-0.3, -0.25) is 19.2 Å². The van der Waals surface area contributed by atoms with Crippen LogP contribution in [0.15, 0.2) is 42.5 Å². The molecule has 0 saturated carbocycles. The fourth-order valence-electron chi connectivity index (χ4n) is 3.23. The molecule has 0 radical (unpaired) electrons. The van der Waals surface area contributed by atoms with Gasteiger partial charge in [0.15, 0.2) is 0 Å². The van der Waals surface area contributed by atoms with Gasteiger partial charge in [0, 0.05) is 6.54 Å². The van der Waals surface area contributed by atoms with Crippen molar-refractivity contribution in [3.8, 4) is 0 Å². The highest BCUT2D eigenvalue weighted by atomic mass is 32.2. The number of aryl methyl sites for hydroxylation is 2. The van der Waals surface area contributed by atoms with Crippen molar-refractivity contribution in [3.05, 3.63) is 64.7 Å². The van der Waals surface area contributed by atoms with Crippen molar-refractivity contribution in [2.45, 2.75) is 26.7 Å². The van der Waals surface area contributed by atoms with E-state index < -0.39 is 21.8 Å². The zero-order valence-electron chi connectivity index (χ0n) is 15.4. The summed E-state index contributed by atoms with van der Waals surface area (Å²) >= 11 is 0. The van der Waals surface area contributed by atoms with Gasteiger partial charge in [0.2, 0.25) is 10.0 Å². The van der Waals surface area contributed by atoms with Gasteiger partial charge >= 0.3 is 0 Å². The Morgan fingerprint density at radius 2 is 1.37 bits per heavy atom. The Kier molecular flexibility index (Phi) is 5.32. The first-order chi connectivity index (χ1) is 12.9. The summed E-state index contributed by atoms with van der Waals surface area (Å²) in [6, 6.07) is 12.2. The van der Waals surface area contributed by atoms with Crippen LogP contribution in [-0.2, 0) is 22.9 Å². The molecule has 142 valence electrons. The first-order valence-corrected chi connectivity index (χ1v) is 10.6. The van der Waals surface area contributed by atoms with E-state index in [1.165, 1.54) is 0 Å². The molecule has 3 rings (SSSR count). The molecule has 1 aliphatic rings. The van der Waals surface area contributed by atoms with Gasteiger partial charge in [0.05, 0.1) is 22.6 Å². The number of hydrogen-bond acceptors (Lipinski definition) is 4. The molecule has 2 amide bonds. The Hall–Kier alpha value is -2.67. The number of benzene rings is 2. The van der Waals surface area contributed by atoms with Crippen LogP contribution in [0.25, 0.3) is 0 Å². The van der Waals surface area contributed by atoms with Crippen molar-refractivity contribution in [2.24, 2.45) is 0 Å². The van der Waals surface area contributed by atoms with Crippen LogP contribution in [0, 0.1) is 0 Å². The molecule has 2 aromatic rings. The number of carbonyl (C=O) groups is 2. The number of amides is 2. The molecule has 2 aromatic carbocycles. The lowest BCUT2D eigenvalue weighted by Gasteiger charge is -2.17. The minimum atomic E-state index is -3.72. The van der Waals surface area contributed by atoms with E-state index in [9.17, 15) is 18.0 Å². The molecule has 0 spiro atoms. The van der Waals surface area contributed by atoms with Crippen molar-refractivity contribution >= 4 is 27.5 Å². The van der Waals surface area contributed by atoms with Crippen LogP contribution in [0.2, 0.25) is 0 Å². The first kappa shape index (κ1) is 19.1. The number of sulfonamides is 1. The maximum Gasteiger partial charge on any atom is 0.261 e. The van der Waals surface area contributed by atoms with Gasteiger partial charge < -0.3 is 0 Å². The third kappa shape index (κ3) is 3.73. The minimum absolute atomic E-state index is 0.183. The van der Waals surface area contributed by atoms with Crippen LogP contribution in [0.3, 0.4) is 0 Å². The monoisotopic (exact) mass is 386 g/mol. The Morgan fingerprint density at radius 1 is 0.852 bits per heavy atom. The molecule has 0 aromatic heterocycles. The highest BCUT2D eigenvalue weighted by Gasteiger charge is 2.35. The summed E-state index contributed by atoms with van der Waals surface area (Å²) in [5.41, 5.74) is 3.07. The maximum absolute atomic E-state index is 12.6. The normalized spacial score (nSPS) is 13.8. The van der Waals surface area contributed by atoms with Gasteiger partial charge in [0.25, 0.3) is 11.8 Å². The van der Waals surface area contributed by atoms with Gasteiger partial charge in [0.1, 0.15) is 0 Å². The van der Waals surface area contributed by atoms with Crippen molar-refractivity contribution in [2.75, 3.05) is 17.0 Å². The van der Waals surface area contributed by atoms with E-state index in [-0.39, 0.29) is 12.3 Å². The summed E-state index contributed by atoms with van der Waals surface area (Å²) in [6.07, 6.45) is 1.40. The number of nitrogens with one attached hydrogen (secondary N) is 1. The maximum atomic E-state index is 12.6. The second kappa shape index (κ2) is 7.52. The Labute approximate surface area is 159 Å². The third-order valence-corrected chi connectivity index (χ3v) is 5.95. The fourth-order valence-corrected chi connectivity index (χ4v) is 4.33. The molecule has 1 aliphatic heterocycles. The molecular weight excluding hydrogens is 364 g/mol. The zero-order chi connectivity index (χ0) is 19.6. The molecule has 1 heterocycles. The van der Waals surface area contributed by atoms with Crippen LogP contribution in [0.4, 0.5) is 5.69 Å². The zero-order valence-corrected chi connectivity index (χ0v) is 16.2. The number of fused-ring (bicyclic) bond motifs is 1. The van der Waals surface area contributed by atoms with Crippen LogP contribution in [0.5, 0.6) is 0 Å². The minimum Gasteiger partial charge on any atom is -0.283 e. The highest BCUT2D eigenvalue weighted by molar-refractivity contribution is 7.92. The van der Waals surface area contributed by atoms with Gasteiger partial charge in [-0.15, -0.1) is 0 Å². The van der Waals surface area contributed by atoms with E-state index in [2.05, 4.69) is 4.72 Å². The van der Waals surface area contributed by atoms with E-state index in [1.54, 1.807) is 24.3 Å². The average Bonchev–Trinajstić information content (AvgIpc) is 2.91. The molecule has 27 heavy (non-hydrogen) atoms. The van der Waals surface area contributed by atoms with E-state index >= 15 is 0 Å². The van der Waals surface area contributed by atoms with E-state index in [4.69, 9.17) is 0 Å². The number of imide groups is 1. The molecule has 1 N–H and O–H groups in total. The standard InChI is InChI=1S/C20H22N2O4S/c1-3-14-8-7-9-15(4-2)18(14)21-27(25,26)13-12-22-19(23)16-10-5-6-11-17(16)20(22)24/h5-11,21H,3-4,12-13H2,1-2H3. The van der Waals surface area contributed by atoms with Crippen LogP contribution >= 0.6 is 0 Å². The molecule has 0 bridgehead atoms. The van der Waals surface area contributed by atoms with E-state index in [1.807, 2.05) is 32.0 Å². The summed E-state index contributed by atoms with van der Waals surface area (Å²) in [4.78, 5) is 25.7. The lowest BCUT2D eigenvalue weighted by atomic mass is 10.0. The Balaban J connectivity index is 1.76.